The zero-order chi connectivity index (χ0) is 15.1. The Morgan fingerprint density at radius 1 is 1.55 bits per heavy atom. The quantitative estimate of drug-likeness (QED) is 0.868. The Balaban J connectivity index is 2.35. The van der Waals surface area contributed by atoms with Crippen molar-refractivity contribution in [3.05, 3.63) is 12.3 Å². The first-order valence-corrected chi connectivity index (χ1v) is 6.47. The minimum absolute atomic E-state index is 0.0489. The first-order valence-electron chi connectivity index (χ1n) is 6.47. The maximum atomic E-state index is 14.4. The maximum Gasteiger partial charge on any atom is 0.297 e. The van der Waals surface area contributed by atoms with Crippen LogP contribution >= 0.6 is 0 Å². The van der Waals surface area contributed by atoms with Crippen LogP contribution < -0.4 is 0 Å². The van der Waals surface area contributed by atoms with Gasteiger partial charge in [0.1, 0.15) is 12.3 Å². The summed E-state index contributed by atoms with van der Waals surface area (Å²) >= 11 is 0. The smallest absolute Gasteiger partial charge is 0.297 e. The molecule has 1 amide bonds. The van der Waals surface area contributed by atoms with E-state index in [0.29, 0.717) is 0 Å². The maximum absolute atomic E-state index is 14.4. The van der Waals surface area contributed by atoms with Gasteiger partial charge in [0.15, 0.2) is 0 Å². The van der Waals surface area contributed by atoms with E-state index in [1.165, 1.54) is 13.0 Å². The lowest BCUT2D eigenvalue weighted by Crippen LogP contribution is -2.48. The Morgan fingerprint density at radius 2 is 2.20 bits per heavy atom. The zero-order valence-electron chi connectivity index (χ0n) is 11.3. The van der Waals surface area contributed by atoms with Crippen molar-refractivity contribution in [3.8, 4) is 0 Å². The minimum Gasteiger partial charge on any atom is -0.342 e. The molecule has 1 saturated heterocycles. The molecule has 2 heterocycles. The predicted molar refractivity (Wildman–Crippen MR) is 66.3 cm³/mol. The zero-order valence-corrected chi connectivity index (χ0v) is 11.3. The van der Waals surface area contributed by atoms with Crippen molar-refractivity contribution in [3.63, 3.8) is 0 Å². The van der Waals surface area contributed by atoms with Crippen LogP contribution in [0.25, 0.3) is 0 Å². The van der Waals surface area contributed by atoms with Gasteiger partial charge >= 0.3 is 0 Å². The molecule has 0 bridgehead atoms. The third-order valence-corrected chi connectivity index (χ3v) is 4.19. The summed E-state index contributed by atoms with van der Waals surface area (Å²) in [5.41, 5.74) is -1.53. The van der Waals surface area contributed by atoms with Gasteiger partial charge in [-0.25, -0.2) is 13.2 Å². The number of rotatable bonds is 3. The number of carbonyl (C=O) groups is 1. The largest absolute Gasteiger partial charge is 0.342 e. The summed E-state index contributed by atoms with van der Waals surface area (Å²) in [7, 11) is 0. The fourth-order valence-corrected chi connectivity index (χ4v) is 2.62. The molecule has 112 valence electrons. The highest BCUT2D eigenvalue weighted by molar-refractivity contribution is 6.07. The number of halogens is 3. The number of nitrogens with one attached hydrogen (secondary N) is 1. The molecule has 2 aliphatic rings. The van der Waals surface area contributed by atoms with Crippen LogP contribution in [0.3, 0.4) is 0 Å². The Kier molecular flexibility index (Phi) is 3.66. The second-order valence-corrected chi connectivity index (χ2v) is 5.24. The highest BCUT2D eigenvalue weighted by Gasteiger charge is 2.65. The van der Waals surface area contributed by atoms with Crippen molar-refractivity contribution < 1.29 is 22.7 Å². The van der Waals surface area contributed by atoms with E-state index in [1.807, 2.05) is 0 Å². The summed E-state index contributed by atoms with van der Waals surface area (Å²) in [6.07, 6.45) is 0.412. The fourth-order valence-electron chi connectivity index (χ4n) is 2.62. The molecule has 2 rings (SSSR count). The van der Waals surface area contributed by atoms with Crippen LogP contribution in [0.4, 0.5) is 13.2 Å². The fraction of sp³-hybridized carbons (Fsp3) is 0.692. The van der Waals surface area contributed by atoms with E-state index in [9.17, 15) is 18.0 Å². The van der Waals surface area contributed by atoms with Gasteiger partial charge in [-0.2, -0.15) is 0 Å². The van der Waals surface area contributed by atoms with E-state index in [4.69, 9.17) is 10.1 Å². The third-order valence-electron chi connectivity index (χ3n) is 4.19. The van der Waals surface area contributed by atoms with Gasteiger partial charge in [-0.15, -0.1) is 0 Å². The molecule has 20 heavy (non-hydrogen) atoms. The van der Waals surface area contributed by atoms with Gasteiger partial charge in [0.2, 0.25) is 12.1 Å². The van der Waals surface area contributed by atoms with E-state index >= 15 is 0 Å². The van der Waals surface area contributed by atoms with Gasteiger partial charge in [0, 0.05) is 11.9 Å². The van der Waals surface area contributed by atoms with E-state index in [2.05, 4.69) is 0 Å². The van der Waals surface area contributed by atoms with Crippen LogP contribution in [-0.2, 0) is 9.53 Å². The first-order chi connectivity index (χ1) is 9.28. The molecule has 0 spiro atoms. The van der Waals surface area contributed by atoms with E-state index in [-0.39, 0.29) is 18.6 Å². The Bertz CT molecular complexity index is 461. The summed E-state index contributed by atoms with van der Waals surface area (Å²) in [5, 5.41) is 7.35. The molecule has 2 aliphatic heterocycles. The standard InChI is InChI=1S/C13H17F3N2O2/c1-3-12(7-14)8(2)13(15,16)11(20-12)18-5-4-9(17)6-10(18)19/h4-5,8,11,17H,3,6-7H2,1-2H3/t8-,11-,12+/m1/s1. The molecule has 0 unspecified atom stereocenters. The lowest BCUT2D eigenvalue weighted by Gasteiger charge is -2.31. The van der Waals surface area contributed by atoms with E-state index < -0.39 is 36.3 Å². The number of alkyl halides is 3. The van der Waals surface area contributed by atoms with Gasteiger partial charge in [0.05, 0.1) is 12.3 Å². The molecule has 0 aromatic carbocycles. The predicted octanol–water partition coefficient (Wildman–Crippen LogP) is 2.50. The topological polar surface area (TPSA) is 53.4 Å². The molecule has 0 radical (unpaired) electrons. The molecule has 1 fully saturated rings. The molecular weight excluding hydrogens is 273 g/mol. The summed E-state index contributed by atoms with van der Waals surface area (Å²) in [6.45, 7) is 1.79. The molecule has 3 atom stereocenters. The van der Waals surface area contributed by atoms with Crippen LogP contribution in [0.2, 0.25) is 0 Å². The molecule has 0 saturated carbocycles. The molecule has 4 nitrogen and oxygen atoms in total. The van der Waals surface area contributed by atoms with Gasteiger partial charge in [-0.3, -0.25) is 9.69 Å². The number of ether oxygens (including phenoxy) is 1. The number of nitrogens with zero attached hydrogens (tertiary/aromatic N) is 1. The Hall–Kier alpha value is -1.37. The number of hydrogen-bond donors (Lipinski definition) is 1. The van der Waals surface area contributed by atoms with Crippen LogP contribution in [0.1, 0.15) is 26.7 Å². The minimum atomic E-state index is -3.35. The monoisotopic (exact) mass is 290 g/mol. The van der Waals surface area contributed by atoms with Crippen LogP contribution in [0, 0.1) is 11.3 Å². The van der Waals surface area contributed by atoms with Crippen LogP contribution in [0.5, 0.6) is 0 Å². The molecule has 0 aromatic rings. The van der Waals surface area contributed by atoms with Crippen molar-refractivity contribution in [2.24, 2.45) is 5.92 Å². The molecular formula is C13H17F3N2O2. The highest BCUT2D eigenvalue weighted by atomic mass is 19.3. The first kappa shape index (κ1) is 15.0. The van der Waals surface area contributed by atoms with Crippen LogP contribution in [-0.4, -0.2) is 40.9 Å². The molecule has 7 heteroatoms. The van der Waals surface area contributed by atoms with Crippen molar-refractivity contribution in [1.29, 1.82) is 5.41 Å². The second kappa shape index (κ2) is 4.87. The number of carbonyl (C=O) groups excluding carboxylic acids is 1. The van der Waals surface area contributed by atoms with Gasteiger partial charge in [-0.05, 0) is 12.5 Å². The summed E-state index contributed by atoms with van der Waals surface area (Å²) in [4.78, 5) is 12.6. The number of amides is 1. The molecule has 0 aliphatic carbocycles. The van der Waals surface area contributed by atoms with Gasteiger partial charge in [-0.1, -0.05) is 13.8 Å². The van der Waals surface area contributed by atoms with Crippen molar-refractivity contribution >= 4 is 11.6 Å². The second-order valence-electron chi connectivity index (χ2n) is 5.24. The van der Waals surface area contributed by atoms with Crippen LogP contribution in [0.15, 0.2) is 12.3 Å². The highest BCUT2D eigenvalue weighted by Crippen LogP contribution is 2.50. The lowest BCUT2D eigenvalue weighted by atomic mass is 9.85. The van der Waals surface area contributed by atoms with Gasteiger partial charge < -0.3 is 10.1 Å². The van der Waals surface area contributed by atoms with Crippen molar-refractivity contribution in [2.45, 2.75) is 44.4 Å². The van der Waals surface area contributed by atoms with E-state index in [0.717, 1.165) is 11.1 Å². The summed E-state index contributed by atoms with van der Waals surface area (Å²) in [6, 6.07) is 0. The SMILES string of the molecule is CC[C@@]1(CF)O[C@@H](N2C=CC(=N)CC2=O)C(F)(F)[C@@H]1C. The summed E-state index contributed by atoms with van der Waals surface area (Å²) in [5.74, 6) is -5.32. The van der Waals surface area contributed by atoms with Crippen molar-refractivity contribution in [2.75, 3.05) is 6.67 Å². The number of hydrogen-bond acceptors (Lipinski definition) is 3. The lowest BCUT2D eigenvalue weighted by molar-refractivity contribution is -0.173. The summed E-state index contributed by atoms with van der Waals surface area (Å²) < 4.78 is 47.2. The third kappa shape index (κ3) is 2.04. The average Bonchev–Trinajstić information content (AvgIpc) is 2.60. The Labute approximate surface area is 115 Å². The van der Waals surface area contributed by atoms with Crippen molar-refractivity contribution in [1.82, 2.24) is 4.90 Å². The van der Waals surface area contributed by atoms with Gasteiger partial charge in [0.25, 0.3) is 5.92 Å². The Morgan fingerprint density at radius 3 is 2.65 bits per heavy atom. The number of allylic oxidation sites excluding steroid dienone is 1. The van der Waals surface area contributed by atoms with E-state index in [1.54, 1.807) is 6.92 Å². The molecule has 1 N–H and O–H groups in total. The normalized spacial score (nSPS) is 36.8. The average molecular weight is 290 g/mol. The molecule has 0 aromatic heterocycles.